The zero-order chi connectivity index (χ0) is 24.7. The molecule has 35 heavy (non-hydrogen) atoms. The van der Waals surface area contributed by atoms with Crippen LogP contribution in [0.4, 0.5) is 10.1 Å². The molecule has 0 radical (unpaired) electrons. The minimum absolute atomic E-state index is 0.200. The summed E-state index contributed by atoms with van der Waals surface area (Å²) in [6.07, 6.45) is 0. The van der Waals surface area contributed by atoms with Crippen LogP contribution in [0.15, 0.2) is 60.0 Å². The van der Waals surface area contributed by atoms with Gasteiger partial charge in [-0.2, -0.15) is 0 Å². The maximum atomic E-state index is 13.9. The van der Waals surface area contributed by atoms with Gasteiger partial charge in [0.05, 0.1) is 26.5 Å². The Hall–Kier alpha value is -3.85. The molecule has 1 aliphatic rings. The van der Waals surface area contributed by atoms with Gasteiger partial charge in [-0.1, -0.05) is 12.1 Å². The quantitative estimate of drug-likeness (QED) is 0.426. The number of thiophene rings is 1. The summed E-state index contributed by atoms with van der Waals surface area (Å²) in [5.74, 6) is 0.0323. The zero-order valence-corrected chi connectivity index (χ0v) is 20.3. The van der Waals surface area contributed by atoms with Crippen molar-refractivity contribution in [2.75, 3.05) is 19.1 Å². The van der Waals surface area contributed by atoms with Crippen molar-refractivity contribution in [3.8, 4) is 11.5 Å². The lowest BCUT2D eigenvalue weighted by atomic mass is 9.93. The Morgan fingerprint density at radius 3 is 2.43 bits per heavy atom. The number of carbonyl (C=O) groups is 2. The van der Waals surface area contributed by atoms with Crippen LogP contribution < -0.4 is 19.7 Å². The number of anilines is 1. The molecule has 3 heterocycles. The lowest BCUT2D eigenvalue weighted by molar-refractivity contribution is -0.126. The summed E-state index contributed by atoms with van der Waals surface area (Å²) in [5.41, 5.74) is 0.485. The Balaban J connectivity index is 1.59. The highest BCUT2D eigenvalue weighted by atomic mass is 32.1. The number of aromatic nitrogens is 1. The average Bonchev–Trinajstić information content (AvgIpc) is 3.45. The third kappa shape index (κ3) is 3.91. The van der Waals surface area contributed by atoms with E-state index in [-0.39, 0.29) is 30.7 Å². The van der Waals surface area contributed by atoms with Gasteiger partial charge in [0.25, 0.3) is 5.91 Å². The fraction of sp³-hybridized carbons (Fsp3) is 0.231. The molecule has 4 aromatic rings. The highest BCUT2D eigenvalue weighted by molar-refractivity contribution is 7.16. The molecule has 1 atom stereocenters. The third-order valence-electron chi connectivity index (χ3n) is 6.33. The number of carbonyl (C=O) groups excluding carboxylic acids is 2. The van der Waals surface area contributed by atoms with Crippen LogP contribution in [-0.4, -0.2) is 36.1 Å². The van der Waals surface area contributed by atoms with Crippen LogP contribution in [0.2, 0.25) is 0 Å². The molecule has 180 valence electrons. The molecule has 1 aliphatic heterocycles. The average molecular weight is 494 g/mol. The van der Waals surface area contributed by atoms with E-state index in [0.29, 0.717) is 22.9 Å². The second-order valence-corrected chi connectivity index (χ2v) is 9.49. The van der Waals surface area contributed by atoms with Crippen LogP contribution in [0.3, 0.4) is 0 Å². The molecule has 9 heteroatoms. The van der Waals surface area contributed by atoms with Gasteiger partial charge in [-0.25, -0.2) is 4.39 Å². The van der Waals surface area contributed by atoms with E-state index in [0.717, 1.165) is 15.8 Å². The molecule has 0 saturated carbocycles. The fourth-order valence-electron chi connectivity index (χ4n) is 4.50. The number of ether oxygens (including phenoxy) is 2. The smallest absolute Gasteiger partial charge is 0.275 e. The van der Waals surface area contributed by atoms with Crippen molar-refractivity contribution in [1.29, 1.82) is 0 Å². The van der Waals surface area contributed by atoms with E-state index in [9.17, 15) is 14.0 Å². The minimum Gasteiger partial charge on any atom is -0.497 e. The number of nitrogens with one attached hydrogen (secondary N) is 1. The summed E-state index contributed by atoms with van der Waals surface area (Å²) < 4.78 is 26.0. The standard InChI is InChI=1S/C26H24FN3O4S/c1-26(25(32)28-14-16-4-6-18(27)7-5-16)15-29-22(10-17-8-9-35-24(17)29)23(31)30(26)19-11-20(33-2)13-21(12-19)34-3/h4-13H,14-15H2,1-3H3,(H,28,32). The van der Waals surface area contributed by atoms with Crippen molar-refractivity contribution in [2.24, 2.45) is 0 Å². The van der Waals surface area contributed by atoms with E-state index in [1.165, 1.54) is 42.6 Å². The molecule has 7 nitrogen and oxygen atoms in total. The fourth-order valence-corrected chi connectivity index (χ4v) is 5.40. The van der Waals surface area contributed by atoms with Crippen molar-refractivity contribution in [1.82, 2.24) is 9.88 Å². The van der Waals surface area contributed by atoms with Crippen LogP contribution in [0, 0.1) is 5.82 Å². The Kier molecular flexibility index (Phi) is 5.72. The van der Waals surface area contributed by atoms with Crippen molar-refractivity contribution < 1.29 is 23.5 Å². The second kappa shape index (κ2) is 8.74. The monoisotopic (exact) mass is 493 g/mol. The third-order valence-corrected chi connectivity index (χ3v) is 7.29. The normalized spacial score (nSPS) is 17.4. The Morgan fingerprint density at radius 1 is 1.09 bits per heavy atom. The molecule has 0 aliphatic carbocycles. The van der Waals surface area contributed by atoms with Gasteiger partial charge in [-0.05, 0) is 42.1 Å². The number of methoxy groups -OCH3 is 2. The number of benzene rings is 2. The Morgan fingerprint density at radius 2 is 1.77 bits per heavy atom. The van der Waals surface area contributed by atoms with Gasteiger partial charge in [0.2, 0.25) is 5.91 Å². The molecule has 2 aromatic heterocycles. The van der Waals surface area contributed by atoms with E-state index in [4.69, 9.17) is 9.47 Å². The van der Waals surface area contributed by atoms with Crippen LogP contribution in [-0.2, 0) is 17.9 Å². The minimum atomic E-state index is -1.27. The molecular weight excluding hydrogens is 469 g/mol. The lowest BCUT2D eigenvalue weighted by Gasteiger charge is -2.44. The predicted molar refractivity (Wildman–Crippen MR) is 133 cm³/mol. The van der Waals surface area contributed by atoms with Crippen molar-refractivity contribution >= 4 is 39.1 Å². The first-order chi connectivity index (χ1) is 16.8. The summed E-state index contributed by atoms with van der Waals surface area (Å²) in [5, 5.41) is 5.87. The summed E-state index contributed by atoms with van der Waals surface area (Å²) >= 11 is 1.53. The molecule has 2 amide bonds. The Labute approximate surface area is 205 Å². The van der Waals surface area contributed by atoms with Gasteiger partial charge in [0.1, 0.15) is 33.4 Å². The molecule has 1 unspecified atom stereocenters. The summed E-state index contributed by atoms with van der Waals surface area (Å²) in [6.45, 7) is 2.21. The summed E-state index contributed by atoms with van der Waals surface area (Å²) in [7, 11) is 3.06. The van der Waals surface area contributed by atoms with Crippen LogP contribution in [0.1, 0.15) is 23.0 Å². The molecule has 0 fully saturated rings. The van der Waals surface area contributed by atoms with E-state index in [2.05, 4.69) is 5.32 Å². The van der Waals surface area contributed by atoms with Gasteiger partial charge in [-0.3, -0.25) is 14.5 Å². The number of fused-ring (bicyclic) bond motifs is 3. The maximum absolute atomic E-state index is 13.9. The van der Waals surface area contributed by atoms with Gasteiger partial charge in [-0.15, -0.1) is 11.3 Å². The molecule has 0 spiro atoms. The number of halogens is 1. The summed E-state index contributed by atoms with van der Waals surface area (Å²) in [4.78, 5) is 30.1. The SMILES string of the molecule is COc1cc(OC)cc(N2C(=O)c3cc4ccsc4n3CC2(C)C(=O)NCc2ccc(F)cc2)c1. The second-order valence-electron chi connectivity index (χ2n) is 8.59. The number of nitrogens with zero attached hydrogens (tertiary/aromatic N) is 2. The van der Waals surface area contributed by atoms with Gasteiger partial charge >= 0.3 is 0 Å². The molecule has 5 rings (SSSR count). The van der Waals surface area contributed by atoms with Gasteiger partial charge in [0.15, 0.2) is 0 Å². The van der Waals surface area contributed by atoms with Gasteiger partial charge in [0, 0.05) is 30.1 Å². The first-order valence-corrected chi connectivity index (χ1v) is 11.9. The number of rotatable bonds is 6. The molecule has 2 aromatic carbocycles. The lowest BCUT2D eigenvalue weighted by Crippen LogP contribution is -2.64. The predicted octanol–water partition coefficient (Wildman–Crippen LogP) is 4.59. The molecule has 1 N–H and O–H groups in total. The highest BCUT2D eigenvalue weighted by Gasteiger charge is 2.49. The largest absolute Gasteiger partial charge is 0.497 e. The van der Waals surface area contributed by atoms with Crippen LogP contribution in [0.5, 0.6) is 11.5 Å². The topological polar surface area (TPSA) is 72.8 Å². The molecule has 0 saturated heterocycles. The Bertz CT molecular complexity index is 1410. The summed E-state index contributed by atoms with van der Waals surface area (Å²) in [6, 6.07) is 14.9. The first kappa shape index (κ1) is 22.9. The molecular formula is C26H24FN3O4S. The van der Waals surface area contributed by atoms with Crippen molar-refractivity contribution in [3.05, 3.63) is 77.1 Å². The van der Waals surface area contributed by atoms with Gasteiger partial charge < -0.3 is 19.4 Å². The zero-order valence-electron chi connectivity index (χ0n) is 19.5. The van der Waals surface area contributed by atoms with Crippen molar-refractivity contribution in [3.63, 3.8) is 0 Å². The van der Waals surface area contributed by atoms with E-state index in [1.807, 2.05) is 22.1 Å². The van der Waals surface area contributed by atoms with E-state index >= 15 is 0 Å². The molecule has 0 bridgehead atoms. The number of amides is 2. The maximum Gasteiger partial charge on any atom is 0.275 e. The van der Waals surface area contributed by atoms with Crippen molar-refractivity contribution in [2.45, 2.75) is 25.6 Å². The van der Waals surface area contributed by atoms with Crippen LogP contribution in [0.25, 0.3) is 10.2 Å². The highest BCUT2D eigenvalue weighted by Crippen LogP contribution is 2.39. The first-order valence-electron chi connectivity index (χ1n) is 11.0. The van der Waals surface area contributed by atoms with E-state index < -0.39 is 5.54 Å². The van der Waals surface area contributed by atoms with E-state index in [1.54, 1.807) is 37.3 Å². The van der Waals surface area contributed by atoms with Crippen LogP contribution >= 0.6 is 11.3 Å². The number of hydrogen-bond acceptors (Lipinski definition) is 5. The number of hydrogen-bond donors (Lipinski definition) is 1.